The number of nitrogens with two attached hydrogens (primary N) is 1. The van der Waals surface area contributed by atoms with Crippen LogP contribution in [0.1, 0.15) is 18.0 Å². The molecule has 3 nitrogen and oxygen atoms in total. The molecule has 1 fully saturated rings. The Balaban J connectivity index is 2.19. The Morgan fingerprint density at radius 3 is 2.88 bits per heavy atom. The fourth-order valence-electron chi connectivity index (χ4n) is 1.90. The van der Waals surface area contributed by atoms with Gasteiger partial charge < -0.3 is 10.8 Å². The van der Waals surface area contributed by atoms with Crippen molar-refractivity contribution in [3.8, 4) is 0 Å². The third kappa shape index (κ3) is 2.03. The normalized spacial score (nSPS) is 25.2. The van der Waals surface area contributed by atoms with Gasteiger partial charge in [0.1, 0.15) is 5.82 Å². The minimum Gasteiger partial charge on any atom is -0.481 e. The Bertz CT molecular complexity index is 438. The molecule has 16 heavy (non-hydrogen) atoms. The van der Waals surface area contributed by atoms with Crippen LogP contribution in [0.4, 0.5) is 4.39 Å². The van der Waals surface area contributed by atoms with Crippen molar-refractivity contribution in [1.29, 1.82) is 0 Å². The SMILES string of the molecule is NC(c1cc(Cl)ccc1F)C1CC1C(=O)O. The molecule has 0 amide bonds. The Morgan fingerprint density at radius 2 is 2.31 bits per heavy atom. The molecule has 1 aromatic carbocycles. The maximum absolute atomic E-state index is 13.5. The van der Waals surface area contributed by atoms with Gasteiger partial charge in [-0.05, 0) is 30.5 Å². The summed E-state index contributed by atoms with van der Waals surface area (Å²) in [6.45, 7) is 0. The van der Waals surface area contributed by atoms with E-state index in [-0.39, 0.29) is 5.92 Å². The first-order valence-corrected chi connectivity index (χ1v) is 5.32. The van der Waals surface area contributed by atoms with Gasteiger partial charge in [0.2, 0.25) is 0 Å². The van der Waals surface area contributed by atoms with Gasteiger partial charge in [0.25, 0.3) is 0 Å². The van der Waals surface area contributed by atoms with E-state index < -0.39 is 23.7 Å². The van der Waals surface area contributed by atoms with Crippen LogP contribution in [0, 0.1) is 17.7 Å². The molecule has 0 aromatic heterocycles. The molecule has 2 rings (SSSR count). The molecule has 1 aromatic rings. The van der Waals surface area contributed by atoms with Crippen LogP contribution in [-0.2, 0) is 4.79 Å². The number of carboxylic acid groups (broad SMARTS) is 1. The smallest absolute Gasteiger partial charge is 0.306 e. The van der Waals surface area contributed by atoms with Gasteiger partial charge in [0.05, 0.1) is 5.92 Å². The van der Waals surface area contributed by atoms with Crippen LogP contribution in [0.25, 0.3) is 0 Å². The van der Waals surface area contributed by atoms with Gasteiger partial charge in [-0.25, -0.2) is 4.39 Å². The number of carboxylic acids is 1. The first kappa shape index (κ1) is 11.4. The summed E-state index contributed by atoms with van der Waals surface area (Å²) in [7, 11) is 0. The monoisotopic (exact) mass is 243 g/mol. The zero-order valence-corrected chi connectivity index (χ0v) is 9.12. The highest BCUT2D eigenvalue weighted by atomic mass is 35.5. The first-order valence-electron chi connectivity index (χ1n) is 4.94. The molecule has 1 aliphatic carbocycles. The van der Waals surface area contributed by atoms with Crippen LogP contribution >= 0.6 is 11.6 Å². The number of hydrogen-bond acceptors (Lipinski definition) is 2. The summed E-state index contributed by atoms with van der Waals surface area (Å²) in [6, 6.07) is 3.54. The highest BCUT2D eigenvalue weighted by molar-refractivity contribution is 6.30. The van der Waals surface area contributed by atoms with E-state index in [2.05, 4.69) is 0 Å². The third-order valence-corrected chi connectivity index (χ3v) is 3.17. The average Bonchev–Trinajstić information content (AvgIpc) is 3.00. The van der Waals surface area contributed by atoms with E-state index in [1.165, 1.54) is 18.2 Å². The van der Waals surface area contributed by atoms with Crippen LogP contribution in [0.5, 0.6) is 0 Å². The largest absolute Gasteiger partial charge is 0.481 e. The predicted octanol–water partition coefficient (Wildman–Crippen LogP) is 2.20. The minimum atomic E-state index is -0.872. The summed E-state index contributed by atoms with van der Waals surface area (Å²) in [4.78, 5) is 10.7. The van der Waals surface area contributed by atoms with E-state index in [9.17, 15) is 9.18 Å². The lowest BCUT2D eigenvalue weighted by atomic mass is 10.0. The molecule has 0 radical (unpaired) electrons. The third-order valence-electron chi connectivity index (χ3n) is 2.94. The van der Waals surface area contributed by atoms with Gasteiger partial charge >= 0.3 is 5.97 Å². The number of halogens is 2. The number of benzene rings is 1. The van der Waals surface area contributed by atoms with Crippen molar-refractivity contribution < 1.29 is 14.3 Å². The standard InChI is InChI=1S/C11H11ClFNO2/c12-5-1-2-9(13)8(3-5)10(14)6-4-7(6)11(15)16/h1-3,6-7,10H,4,14H2,(H,15,16). The van der Waals surface area contributed by atoms with E-state index in [1.807, 2.05) is 0 Å². The zero-order chi connectivity index (χ0) is 11.9. The quantitative estimate of drug-likeness (QED) is 0.856. The van der Waals surface area contributed by atoms with Crippen LogP contribution in [-0.4, -0.2) is 11.1 Å². The molecule has 1 aliphatic rings. The highest BCUT2D eigenvalue weighted by Gasteiger charge is 2.47. The van der Waals surface area contributed by atoms with Gasteiger partial charge in [-0.1, -0.05) is 11.6 Å². The average molecular weight is 244 g/mol. The zero-order valence-electron chi connectivity index (χ0n) is 8.36. The lowest BCUT2D eigenvalue weighted by Gasteiger charge is -2.12. The molecule has 0 saturated heterocycles. The van der Waals surface area contributed by atoms with Crippen molar-refractivity contribution in [3.05, 3.63) is 34.6 Å². The first-order chi connectivity index (χ1) is 7.50. The lowest BCUT2D eigenvalue weighted by Crippen LogP contribution is -2.17. The van der Waals surface area contributed by atoms with Gasteiger partial charge in [-0.2, -0.15) is 0 Å². The van der Waals surface area contributed by atoms with Gasteiger partial charge in [-0.3, -0.25) is 4.79 Å². The molecule has 3 N–H and O–H groups in total. The molecule has 0 spiro atoms. The Hall–Kier alpha value is -1.13. The summed E-state index contributed by atoms with van der Waals surface area (Å²) in [5, 5.41) is 9.17. The highest BCUT2D eigenvalue weighted by Crippen LogP contribution is 2.47. The van der Waals surface area contributed by atoms with Crippen molar-refractivity contribution in [2.24, 2.45) is 17.6 Å². The number of hydrogen-bond donors (Lipinski definition) is 2. The lowest BCUT2D eigenvalue weighted by molar-refractivity contribution is -0.138. The summed E-state index contributed by atoms with van der Waals surface area (Å²) >= 11 is 5.75. The number of rotatable bonds is 3. The maximum Gasteiger partial charge on any atom is 0.306 e. The molecule has 1 saturated carbocycles. The molecule has 5 heteroatoms. The topological polar surface area (TPSA) is 63.3 Å². The summed E-state index contributed by atoms with van der Waals surface area (Å²) < 4.78 is 13.5. The summed E-state index contributed by atoms with van der Waals surface area (Å²) in [5.41, 5.74) is 6.13. The van der Waals surface area contributed by atoms with Crippen LogP contribution in [0.15, 0.2) is 18.2 Å². The van der Waals surface area contributed by atoms with Gasteiger partial charge in [0, 0.05) is 16.6 Å². The minimum absolute atomic E-state index is 0.189. The Kier molecular flexibility index (Phi) is 2.86. The van der Waals surface area contributed by atoms with Gasteiger partial charge in [0.15, 0.2) is 0 Å². The molecule has 3 unspecified atom stereocenters. The van der Waals surface area contributed by atoms with E-state index in [0.717, 1.165) is 0 Å². The molecule has 0 aliphatic heterocycles. The fourth-order valence-corrected chi connectivity index (χ4v) is 2.08. The predicted molar refractivity (Wildman–Crippen MR) is 57.6 cm³/mol. The van der Waals surface area contributed by atoms with Crippen molar-refractivity contribution in [3.63, 3.8) is 0 Å². The second kappa shape index (κ2) is 4.03. The van der Waals surface area contributed by atoms with Crippen molar-refractivity contribution in [2.45, 2.75) is 12.5 Å². The number of carbonyl (C=O) groups is 1. The maximum atomic E-state index is 13.5. The number of aliphatic carboxylic acids is 1. The van der Waals surface area contributed by atoms with E-state index in [1.54, 1.807) is 0 Å². The molecule has 3 atom stereocenters. The Morgan fingerprint density at radius 1 is 1.62 bits per heavy atom. The second-order valence-electron chi connectivity index (χ2n) is 4.04. The molecular weight excluding hydrogens is 233 g/mol. The van der Waals surface area contributed by atoms with Crippen LogP contribution in [0.3, 0.4) is 0 Å². The molecular formula is C11H11ClFNO2. The van der Waals surface area contributed by atoms with Crippen molar-refractivity contribution >= 4 is 17.6 Å². The summed E-state index contributed by atoms with van der Waals surface area (Å²) in [6.07, 6.45) is 0.502. The summed E-state index contributed by atoms with van der Waals surface area (Å²) in [5.74, 6) is -1.95. The second-order valence-corrected chi connectivity index (χ2v) is 4.47. The van der Waals surface area contributed by atoms with E-state index in [4.69, 9.17) is 22.4 Å². The van der Waals surface area contributed by atoms with E-state index >= 15 is 0 Å². The van der Waals surface area contributed by atoms with E-state index in [0.29, 0.717) is 17.0 Å². The molecule has 86 valence electrons. The fraction of sp³-hybridized carbons (Fsp3) is 0.364. The molecule has 0 bridgehead atoms. The van der Waals surface area contributed by atoms with Crippen molar-refractivity contribution in [1.82, 2.24) is 0 Å². The van der Waals surface area contributed by atoms with Gasteiger partial charge in [-0.15, -0.1) is 0 Å². The molecule has 0 heterocycles. The van der Waals surface area contributed by atoms with Crippen LogP contribution < -0.4 is 5.73 Å². The Labute approximate surface area is 97.0 Å². The van der Waals surface area contributed by atoms with Crippen molar-refractivity contribution in [2.75, 3.05) is 0 Å². The van der Waals surface area contributed by atoms with Crippen LogP contribution in [0.2, 0.25) is 5.02 Å².